The van der Waals surface area contributed by atoms with Crippen LogP contribution < -0.4 is 0 Å². The van der Waals surface area contributed by atoms with Gasteiger partial charge in [0.05, 0.1) is 12.3 Å². The summed E-state index contributed by atoms with van der Waals surface area (Å²) in [6.07, 6.45) is 6.42. The molecule has 4 aliphatic rings. The quantitative estimate of drug-likeness (QED) is 0.585. The molecule has 0 radical (unpaired) electrons. The number of benzene rings is 1. The van der Waals surface area contributed by atoms with Crippen LogP contribution in [0.15, 0.2) is 28.8 Å². The summed E-state index contributed by atoms with van der Waals surface area (Å²) in [5, 5.41) is 4.03. The molecule has 8 nitrogen and oxygen atoms in total. The average Bonchev–Trinajstić information content (AvgIpc) is 3.51. The highest BCUT2D eigenvalue weighted by molar-refractivity contribution is 5.96. The van der Waals surface area contributed by atoms with Crippen molar-refractivity contribution in [3.8, 4) is 0 Å². The second-order valence-electron chi connectivity index (χ2n) is 11.8. The first-order chi connectivity index (χ1) is 18.4. The van der Waals surface area contributed by atoms with Crippen LogP contribution in [0.25, 0.3) is 0 Å². The van der Waals surface area contributed by atoms with Crippen LogP contribution in [0.2, 0.25) is 0 Å². The Kier molecular flexibility index (Phi) is 6.70. The predicted molar refractivity (Wildman–Crippen MR) is 143 cm³/mol. The van der Waals surface area contributed by atoms with E-state index in [1.807, 2.05) is 30.6 Å². The maximum Gasteiger partial charge on any atom is 0.410 e. The van der Waals surface area contributed by atoms with Crippen molar-refractivity contribution in [2.45, 2.75) is 83.3 Å². The summed E-state index contributed by atoms with van der Waals surface area (Å²) in [6, 6.07) is 9.51. The highest BCUT2D eigenvalue weighted by Gasteiger charge is 2.48. The minimum Gasteiger partial charge on any atom is -0.450 e. The molecule has 1 spiro atoms. The number of likely N-dealkylation sites (tertiary alicyclic amines) is 2. The summed E-state index contributed by atoms with van der Waals surface area (Å²) in [7, 11) is 0. The molecule has 1 saturated carbocycles. The first-order valence-corrected chi connectivity index (χ1v) is 14.4. The van der Waals surface area contributed by atoms with Crippen LogP contribution in [0.1, 0.15) is 78.4 Å². The maximum absolute atomic E-state index is 13.7. The second-order valence-corrected chi connectivity index (χ2v) is 11.8. The van der Waals surface area contributed by atoms with Gasteiger partial charge >= 0.3 is 6.09 Å². The van der Waals surface area contributed by atoms with Gasteiger partial charge in [0.25, 0.3) is 5.91 Å². The van der Waals surface area contributed by atoms with E-state index in [1.165, 1.54) is 24.0 Å². The second kappa shape index (κ2) is 10.0. The van der Waals surface area contributed by atoms with E-state index in [4.69, 9.17) is 9.26 Å². The van der Waals surface area contributed by atoms with Gasteiger partial charge in [0, 0.05) is 37.1 Å². The van der Waals surface area contributed by atoms with Gasteiger partial charge in [-0.2, -0.15) is 0 Å². The zero-order valence-electron chi connectivity index (χ0n) is 22.9. The van der Waals surface area contributed by atoms with Crippen molar-refractivity contribution in [1.29, 1.82) is 0 Å². The number of rotatable bonds is 3. The fourth-order valence-electron chi connectivity index (χ4n) is 7.91. The Bertz CT molecular complexity index is 1180. The van der Waals surface area contributed by atoms with E-state index in [0.29, 0.717) is 48.2 Å². The Hall–Kier alpha value is -2.87. The van der Waals surface area contributed by atoms with Crippen LogP contribution in [0.4, 0.5) is 4.79 Å². The van der Waals surface area contributed by atoms with E-state index < -0.39 is 0 Å². The van der Waals surface area contributed by atoms with Crippen molar-refractivity contribution < 1.29 is 18.8 Å². The van der Waals surface area contributed by atoms with Crippen LogP contribution in [0.5, 0.6) is 0 Å². The van der Waals surface area contributed by atoms with Gasteiger partial charge < -0.3 is 24.0 Å². The standard InChI is InChI=1S/C30H40N4O4/c1-4-37-29(36)34-13-7-9-22-16-24(17-26(22)34)32-14-11-30(12-15-32)19-33(18-23-8-5-6-10-25(23)30)28(35)27-20(2)31-38-21(27)3/h5-6,8,10,22,24,26H,4,7,9,11-19H2,1-3H3. The normalized spacial score (nSPS) is 26.8. The predicted octanol–water partition coefficient (Wildman–Crippen LogP) is 4.68. The molecule has 0 bridgehead atoms. The molecule has 3 atom stereocenters. The smallest absolute Gasteiger partial charge is 0.410 e. The van der Waals surface area contributed by atoms with Gasteiger partial charge in [-0.1, -0.05) is 29.4 Å². The summed E-state index contributed by atoms with van der Waals surface area (Å²) in [5.74, 6) is 1.19. The van der Waals surface area contributed by atoms with Gasteiger partial charge in [-0.3, -0.25) is 4.79 Å². The lowest BCUT2D eigenvalue weighted by Gasteiger charge is -2.49. The highest BCUT2D eigenvalue weighted by atomic mass is 16.6. The first-order valence-electron chi connectivity index (χ1n) is 14.4. The van der Waals surface area contributed by atoms with Crippen molar-refractivity contribution in [2.75, 3.05) is 32.8 Å². The monoisotopic (exact) mass is 520 g/mol. The van der Waals surface area contributed by atoms with Crippen molar-refractivity contribution in [3.63, 3.8) is 0 Å². The van der Waals surface area contributed by atoms with Gasteiger partial charge in [0.15, 0.2) is 0 Å². The Morgan fingerprint density at radius 1 is 1.13 bits per heavy atom. The Morgan fingerprint density at radius 2 is 1.92 bits per heavy atom. The molecule has 3 unspecified atom stereocenters. The molecule has 204 valence electrons. The third-order valence-corrected chi connectivity index (χ3v) is 9.76. The number of ether oxygens (including phenoxy) is 1. The molecule has 2 aromatic rings. The van der Waals surface area contributed by atoms with E-state index in [0.717, 1.165) is 51.9 Å². The number of fused-ring (bicyclic) bond motifs is 3. The summed E-state index contributed by atoms with van der Waals surface area (Å²) in [6.45, 7) is 10.2. The van der Waals surface area contributed by atoms with Crippen LogP contribution in [-0.2, 0) is 16.7 Å². The number of carbonyl (C=O) groups excluding carboxylic acids is 2. The van der Waals surface area contributed by atoms with Gasteiger partial charge in [-0.05, 0) is 89.4 Å². The van der Waals surface area contributed by atoms with Crippen molar-refractivity contribution in [2.24, 2.45) is 5.92 Å². The SMILES string of the molecule is CCOC(=O)N1CCCC2CC(N3CCC4(CC3)CN(C(=O)c3c(C)noc3C)Cc3ccccc34)CC21. The maximum atomic E-state index is 13.7. The molecule has 0 N–H and O–H groups in total. The molecule has 3 fully saturated rings. The third-order valence-electron chi connectivity index (χ3n) is 9.76. The topological polar surface area (TPSA) is 79.1 Å². The number of hydrogen-bond donors (Lipinski definition) is 0. The number of amides is 2. The van der Waals surface area contributed by atoms with Gasteiger partial charge in [-0.15, -0.1) is 0 Å². The highest BCUT2D eigenvalue weighted by Crippen LogP contribution is 2.45. The number of nitrogens with zero attached hydrogens (tertiary/aromatic N) is 4. The molecule has 2 saturated heterocycles. The fourth-order valence-corrected chi connectivity index (χ4v) is 7.91. The summed E-state index contributed by atoms with van der Waals surface area (Å²) in [5.41, 5.74) is 3.90. The van der Waals surface area contributed by atoms with Crippen LogP contribution in [0.3, 0.4) is 0 Å². The molecule has 1 aromatic carbocycles. The first kappa shape index (κ1) is 25.4. The van der Waals surface area contributed by atoms with E-state index in [1.54, 1.807) is 0 Å². The van der Waals surface area contributed by atoms with Crippen molar-refractivity contribution in [3.05, 3.63) is 52.4 Å². The van der Waals surface area contributed by atoms with E-state index in [9.17, 15) is 9.59 Å². The zero-order valence-corrected chi connectivity index (χ0v) is 22.9. The Balaban J connectivity index is 1.18. The lowest BCUT2D eigenvalue weighted by atomic mass is 9.68. The Labute approximate surface area is 225 Å². The van der Waals surface area contributed by atoms with Gasteiger partial charge in [0.2, 0.25) is 0 Å². The zero-order chi connectivity index (χ0) is 26.4. The third kappa shape index (κ3) is 4.31. The van der Waals surface area contributed by atoms with Crippen molar-refractivity contribution in [1.82, 2.24) is 19.9 Å². The summed E-state index contributed by atoms with van der Waals surface area (Å²) in [4.78, 5) is 33.0. The Morgan fingerprint density at radius 3 is 2.66 bits per heavy atom. The molecule has 38 heavy (non-hydrogen) atoms. The number of piperidine rings is 2. The van der Waals surface area contributed by atoms with Gasteiger partial charge in [-0.25, -0.2) is 4.79 Å². The fraction of sp³-hybridized carbons (Fsp3) is 0.633. The van der Waals surface area contributed by atoms with Crippen LogP contribution in [-0.4, -0.2) is 76.7 Å². The van der Waals surface area contributed by atoms with E-state index in [-0.39, 0.29) is 17.4 Å². The molecular formula is C30H40N4O4. The van der Waals surface area contributed by atoms with E-state index >= 15 is 0 Å². The number of hydrogen-bond acceptors (Lipinski definition) is 6. The van der Waals surface area contributed by atoms with Crippen LogP contribution >= 0.6 is 0 Å². The number of aryl methyl sites for hydroxylation is 2. The lowest BCUT2D eigenvalue weighted by molar-refractivity contribution is 0.0509. The molecular weight excluding hydrogens is 480 g/mol. The summed E-state index contributed by atoms with van der Waals surface area (Å²) < 4.78 is 10.7. The summed E-state index contributed by atoms with van der Waals surface area (Å²) >= 11 is 0. The van der Waals surface area contributed by atoms with Crippen molar-refractivity contribution >= 4 is 12.0 Å². The molecule has 1 aromatic heterocycles. The molecule has 4 heterocycles. The lowest BCUT2D eigenvalue weighted by Crippen LogP contribution is -2.54. The largest absolute Gasteiger partial charge is 0.450 e. The molecule has 2 amide bonds. The minimum absolute atomic E-state index is 0.0245. The molecule has 1 aliphatic carbocycles. The number of aromatic nitrogens is 1. The molecule has 8 heteroatoms. The average molecular weight is 521 g/mol. The minimum atomic E-state index is -0.137. The van der Waals surface area contributed by atoms with Crippen LogP contribution in [0, 0.1) is 19.8 Å². The van der Waals surface area contributed by atoms with Gasteiger partial charge in [0.1, 0.15) is 11.3 Å². The van der Waals surface area contributed by atoms with E-state index in [2.05, 4.69) is 34.3 Å². The molecule has 6 rings (SSSR count). The number of carbonyl (C=O) groups is 2. The molecule has 3 aliphatic heterocycles.